The number of thiophene rings is 1. The van der Waals surface area contributed by atoms with Crippen molar-refractivity contribution in [2.75, 3.05) is 0 Å². The van der Waals surface area contributed by atoms with Gasteiger partial charge in [-0.1, -0.05) is 36.4 Å². The lowest BCUT2D eigenvalue weighted by molar-refractivity contribution is 0.611. The Morgan fingerprint density at radius 3 is 2.29 bits per heavy atom. The third-order valence-electron chi connectivity index (χ3n) is 4.19. The molecule has 0 aliphatic rings. The van der Waals surface area contributed by atoms with E-state index in [2.05, 4.69) is 0 Å². The first-order valence-electron chi connectivity index (χ1n) is 8.08. The van der Waals surface area contributed by atoms with Crippen molar-refractivity contribution in [2.45, 2.75) is 33.9 Å². The number of nitrogens with zero attached hydrogens (tertiary/aromatic N) is 2. The predicted octanol–water partition coefficient (Wildman–Crippen LogP) is 3.74. The van der Waals surface area contributed by atoms with Crippen LogP contribution in [0.5, 0.6) is 0 Å². The van der Waals surface area contributed by atoms with Gasteiger partial charge in [0.05, 0.1) is 5.39 Å². The highest BCUT2D eigenvalue weighted by atomic mass is 32.1. The lowest BCUT2D eigenvalue weighted by atomic mass is 10.1. The molecule has 0 radical (unpaired) electrons. The summed E-state index contributed by atoms with van der Waals surface area (Å²) in [5.41, 5.74) is 1.64. The monoisotopic (exact) mass is 340 g/mol. The van der Waals surface area contributed by atoms with E-state index in [0.717, 1.165) is 20.8 Å². The number of benzene rings is 1. The lowest BCUT2D eigenvalue weighted by Crippen LogP contribution is -2.39. The molecule has 3 aromatic rings. The molecule has 124 valence electrons. The van der Waals surface area contributed by atoms with Gasteiger partial charge in [-0.2, -0.15) is 0 Å². The Balaban J connectivity index is 2.24. The molecule has 2 aromatic heterocycles. The van der Waals surface area contributed by atoms with Gasteiger partial charge >= 0.3 is 5.69 Å². The molecule has 0 saturated heterocycles. The Kier molecular flexibility index (Phi) is 4.53. The van der Waals surface area contributed by atoms with E-state index in [9.17, 15) is 9.59 Å². The minimum Gasteiger partial charge on any atom is -0.285 e. The Labute approximate surface area is 144 Å². The van der Waals surface area contributed by atoms with Gasteiger partial charge in [-0.15, -0.1) is 11.3 Å². The second-order valence-electron chi connectivity index (χ2n) is 5.59. The highest BCUT2D eigenvalue weighted by molar-refractivity contribution is 7.19. The maximum atomic E-state index is 12.7. The molecule has 0 amide bonds. The van der Waals surface area contributed by atoms with Crippen LogP contribution in [-0.4, -0.2) is 9.13 Å². The molecule has 24 heavy (non-hydrogen) atoms. The van der Waals surface area contributed by atoms with Crippen molar-refractivity contribution < 1.29 is 0 Å². The van der Waals surface area contributed by atoms with Gasteiger partial charge in [-0.25, -0.2) is 4.79 Å². The lowest BCUT2D eigenvalue weighted by Gasteiger charge is -2.08. The second-order valence-corrected chi connectivity index (χ2v) is 6.62. The topological polar surface area (TPSA) is 44.0 Å². The van der Waals surface area contributed by atoms with E-state index in [1.54, 1.807) is 4.57 Å². The zero-order valence-corrected chi connectivity index (χ0v) is 14.9. The van der Waals surface area contributed by atoms with Crippen LogP contribution in [0.2, 0.25) is 0 Å². The van der Waals surface area contributed by atoms with E-state index in [0.29, 0.717) is 18.5 Å². The fraction of sp³-hybridized carbons (Fsp3) is 0.263. The first-order chi connectivity index (χ1) is 11.6. The van der Waals surface area contributed by atoms with Crippen molar-refractivity contribution in [1.82, 2.24) is 9.13 Å². The van der Waals surface area contributed by atoms with Gasteiger partial charge in [0.15, 0.2) is 0 Å². The van der Waals surface area contributed by atoms with Crippen LogP contribution in [0.15, 0.2) is 39.9 Å². The first-order valence-corrected chi connectivity index (χ1v) is 8.90. The number of hydrogen-bond donors (Lipinski definition) is 0. The van der Waals surface area contributed by atoms with Crippen molar-refractivity contribution in [2.24, 2.45) is 0 Å². The maximum Gasteiger partial charge on any atom is 0.332 e. The van der Waals surface area contributed by atoms with Crippen molar-refractivity contribution in [3.05, 3.63) is 67.2 Å². The van der Waals surface area contributed by atoms with E-state index in [-0.39, 0.29) is 11.2 Å². The van der Waals surface area contributed by atoms with Crippen molar-refractivity contribution in [3.8, 4) is 0 Å². The normalized spacial score (nSPS) is 11.6. The number of hydrogen-bond acceptors (Lipinski definition) is 3. The van der Waals surface area contributed by atoms with Crippen LogP contribution in [-0.2, 0) is 13.1 Å². The van der Waals surface area contributed by atoms with Crippen molar-refractivity contribution >= 4 is 33.7 Å². The van der Waals surface area contributed by atoms with Gasteiger partial charge in [0, 0.05) is 18.0 Å². The second kappa shape index (κ2) is 6.61. The van der Waals surface area contributed by atoms with E-state index in [1.165, 1.54) is 15.9 Å². The summed E-state index contributed by atoms with van der Waals surface area (Å²) in [6, 6.07) is 10.0. The molecule has 3 rings (SSSR count). The third-order valence-corrected chi connectivity index (χ3v) is 5.47. The van der Waals surface area contributed by atoms with E-state index < -0.39 is 0 Å². The quantitative estimate of drug-likeness (QED) is 0.726. The molecule has 0 bridgehead atoms. The fourth-order valence-electron chi connectivity index (χ4n) is 2.86. The zero-order chi connectivity index (χ0) is 17.3. The molecule has 0 atom stereocenters. The summed E-state index contributed by atoms with van der Waals surface area (Å²) in [5, 5.41) is 0.663. The summed E-state index contributed by atoms with van der Waals surface area (Å²) >= 11 is 1.50. The third kappa shape index (κ3) is 2.65. The minimum absolute atomic E-state index is 0.185. The molecule has 0 unspecified atom stereocenters. The highest BCUT2D eigenvalue weighted by Crippen LogP contribution is 2.29. The molecule has 0 fully saturated rings. The Morgan fingerprint density at radius 2 is 1.67 bits per heavy atom. The first kappa shape index (κ1) is 16.5. The molecular formula is C19H20N2O2S. The fourth-order valence-corrected chi connectivity index (χ4v) is 4.12. The molecule has 0 saturated carbocycles. The summed E-state index contributed by atoms with van der Waals surface area (Å²) < 4.78 is 3.01. The Morgan fingerprint density at radius 1 is 1.00 bits per heavy atom. The average molecular weight is 340 g/mol. The van der Waals surface area contributed by atoms with Gasteiger partial charge in [-0.05, 0) is 38.0 Å². The van der Waals surface area contributed by atoms with Crippen LogP contribution >= 0.6 is 11.3 Å². The molecule has 5 heteroatoms. The maximum absolute atomic E-state index is 12.7. The van der Waals surface area contributed by atoms with Gasteiger partial charge < -0.3 is 0 Å². The van der Waals surface area contributed by atoms with Gasteiger partial charge in [0.25, 0.3) is 5.56 Å². The average Bonchev–Trinajstić information content (AvgIpc) is 2.91. The highest BCUT2D eigenvalue weighted by Gasteiger charge is 2.17. The van der Waals surface area contributed by atoms with Crippen LogP contribution in [0.25, 0.3) is 22.4 Å². The molecule has 0 aliphatic carbocycles. The van der Waals surface area contributed by atoms with Crippen LogP contribution < -0.4 is 11.2 Å². The summed E-state index contributed by atoms with van der Waals surface area (Å²) in [5.74, 6) is 0. The summed E-state index contributed by atoms with van der Waals surface area (Å²) in [4.78, 5) is 27.0. The summed E-state index contributed by atoms with van der Waals surface area (Å²) in [6.45, 7) is 6.65. The summed E-state index contributed by atoms with van der Waals surface area (Å²) in [7, 11) is 0. The SMILES string of the molecule is CCn1c(=O)c2c(C)c(/C=C/c3ccccc3)sc2n(CC)c1=O. The number of aromatic nitrogens is 2. The summed E-state index contributed by atoms with van der Waals surface area (Å²) in [6.07, 6.45) is 4.06. The molecule has 0 spiro atoms. The molecular weight excluding hydrogens is 320 g/mol. The molecule has 2 heterocycles. The van der Waals surface area contributed by atoms with Crippen molar-refractivity contribution in [3.63, 3.8) is 0 Å². The van der Waals surface area contributed by atoms with Gasteiger partial charge in [-0.3, -0.25) is 13.9 Å². The smallest absolute Gasteiger partial charge is 0.285 e. The predicted molar refractivity (Wildman–Crippen MR) is 102 cm³/mol. The van der Waals surface area contributed by atoms with E-state index in [1.807, 2.05) is 63.3 Å². The largest absolute Gasteiger partial charge is 0.332 e. The molecule has 0 aliphatic heterocycles. The molecule has 4 nitrogen and oxygen atoms in total. The van der Waals surface area contributed by atoms with Crippen LogP contribution in [0.3, 0.4) is 0 Å². The number of aryl methyl sites for hydroxylation is 2. The standard InChI is InChI=1S/C19H20N2O2S/c1-4-20-17(22)16-13(3)15(12-11-14-9-7-6-8-10-14)24-18(16)21(5-2)19(20)23/h6-12H,4-5H2,1-3H3/b12-11+. The molecule has 1 aromatic carbocycles. The van der Waals surface area contributed by atoms with Crippen molar-refractivity contribution in [1.29, 1.82) is 0 Å². The van der Waals surface area contributed by atoms with E-state index >= 15 is 0 Å². The molecule has 0 N–H and O–H groups in total. The minimum atomic E-state index is -0.225. The number of fused-ring (bicyclic) bond motifs is 1. The Hall–Kier alpha value is -2.40. The van der Waals surface area contributed by atoms with Gasteiger partial charge in [0.2, 0.25) is 0 Å². The van der Waals surface area contributed by atoms with Crippen LogP contribution in [0, 0.1) is 6.92 Å². The Bertz CT molecular complexity index is 1020. The van der Waals surface area contributed by atoms with E-state index in [4.69, 9.17) is 0 Å². The zero-order valence-electron chi connectivity index (χ0n) is 14.1. The number of rotatable bonds is 4. The van der Waals surface area contributed by atoms with Crippen LogP contribution in [0.4, 0.5) is 0 Å². The van der Waals surface area contributed by atoms with Gasteiger partial charge in [0.1, 0.15) is 4.83 Å². The van der Waals surface area contributed by atoms with Crippen LogP contribution in [0.1, 0.15) is 29.9 Å².